The quantitative estimate of drug-likeness (QED) is 0.639. The second-order valence-corrected chi connectivity index (χ2v) is 2.72. The minimum atomic E-state index is -0.391. The Balaban J connectivity index is 2.11. The number of carbonyl (C=O) groups is 1. The van der Waals surface area contributed by atoms with Crippen LogP contribution < -0.4 is 11.1 Å². The lowest BCUT2D eigenvalue weighted by Gasteiger charge is -2.00. The van der Waals surface area contributed by atoms with Crippen molar-refractivity contribution < 1.29 is 4.79 Å². The summed E-state index contributed by atoms with van der Waals surface area (Å²) >= 11 is 0. The van der Waals surface area contributed by atoms with Gasteiger partial charge in [0.2, 0.25) is 5.95 Å². The highest BCUT2D eigenvalue weighted by Crippen LogP contribution is 2.01. The number of carbonyl (C=O) groups excluding carboxylic acids is 1. The molecule has 0 aliphatic carbocycles. The first-order valence-electron chi connectivity index (χ1n) is 4.14. The van der Waals surface area contributed by atoms with Gasteiger partial charge in [-0.1, -0.05) is 0 Å². The number of aromatic amines is 1. The maximum Gasteiger partial charge on any atom is 0.278 e. The molecule has 2 rings (SSSR count). The number of hydrogen-bond donors (Lipinski definition) is 3. The molecular formula is C8H8N6O. The SMILES string of the molecule is Nc1cnc(C(=O)Nc2ncc[nH]2)cn1. The Labute approximate surface area is 84.8 Å². The van der Waals surface area contributed by atoms with Crippen LogP contribution in [0.4, 0.5) is 11.8 Å². The molecule has 0 saturated carbocycles. The highest BCUT2D eigenvalue weighted by atomic mass is 16.2. The van der Waals surface area contributed by atoms with Crippen molar-refractivity contribution in [3.8, 4) is 0 Å². The van der Waals surface area contributed by atoms with Crippen LogP contribution in [0, 0.1) is 0 Å². The number of nitrogen functional groups attached to an aromatic ring is 1. The summed E-state index contributed by atoms with van der Waals surface area (Å²) in [5.74, 6) is 0.237. The molecule has 0 atom stereocenters. The number of rotatable bonds is 2. The molecule has 0 unspecified atom stereocenters. The summed E-state index contributed by atoms with van der Waals surface area (Å²) in [6.45, 7) is 0. The number of imidazole rings is 1. The maximum absolute atomic E-state index is 11.5. The Hall–Kier alpha value is -2.44. The number of amides is 1. The lowest BCUT2D eigenvalue weighted by molar-refractivity contribution is 0.102. The molecule has 4 N–H and O–H groups in total. The smallest absolute Gasteiger partial charge is 0.278 e. The standard InChI is InChI=1S/C8H8N6O/c9-6-4-12-5(3-13-6)7(15)14-8-10-1-2-11-8/h1-4H,(H2,9,13)(H2,10,11,14,15). The molecule has 2 aromatic heterocycles. The van der Waals surface area contributed by atoms with Crippen LogP contribution in [0.1, 0.15) is 10.5 Å². The number of nitrogens with zero attached hydrogens (tertiary/aromatic N) is 3. The van der Waals surface area contributed by atoms with Gasteiger partial charge in [0.15, 0.2) is 0 Å². The van der Waals surface area contributed by atoms with Gasteiger partial charge < -0.3 is 10.7 Å². The molecule has 0 spiro atoms. The molecule has 15 heavy (non-hydrogen) atoms. The van der Waals surface area contributed by atoms with Crippen LogP contribution in [0.2, 0.25) is 0 Å². The predicted molar refractivity (Wildman–Crippen MR) is 53.0 cm³/mol. The topological polar surface area (TPSA) is 110 Å². The van der Waals surface area contributed by atoms with Crippen LogP contribution >= 0.6 is 0 Å². The van der Waals surface area contributed by atoms with Crippen molar-refractivity contribution in [1.82, 2.24) is 19.9 Å². The zero-order chi connectivity index (χ0) is 10.7. The lowest BCUT2D eigenvalue weighted by atomic mass is 10.4. The Morgan fingerprint density at radius 3 is 2.80 bits per heavy atom. The van der Waals surface area contributed by atoms with Crippen molar-refractivity contribution in [3.63, 3.8) is 0 Å². The van der Waals surface area contributed by atoms with Crippen molar-refractivity contribution in [2.45, 2.75) is 0 Å². The van der Waals surface area contributed by atoms with Gasteiger partial charge in [0.05, 0.1) is 12.4 Å². The normalized spacial score (nSPS) is 9.87. The second-order valence-electron chi connectivity index (χ2n) is 2.72. The summed E-state index contributed by atoms with van der Waals surface area (Å²) in [5, 5.41) is 2.51. The van der Waals surface area contributed by atoms with E-state index in [1.165, 1.54) is 18.6 Å². The zero-order valence-corrected chi connectivity index (χ0v) is 7.64. The van der Waals surface area contributed by atoms with Gasteiger partial charge in [0.25, 0.3) is 5.91 Å². The third-order valence-corrected chi connectivity index (χ3v) is 1.63. The van der Waals surface area contributed by atoms with Crippen molar-refractivity contribution in [1.29, 1.82) is 0 Å². The van der Waals surface area contributed by atoms with Crippen LogP contribution in [-0.4, -0.2) is 25.8 Å². The van der Waals surface area contributed by atoms with Gasteiger partial charge >= 0.3 is 0 Å². The molecule has 76 valence electrons. The number of aromatic nitrogens is 4. The average molecular weight is 204 g/mol. The molecular weight excluding hydrogens is 196 g/mol. The zero-order valence-electron chi connectivity index (χ0n) is 7.64. The highest BCUT2D eigenvalue weighted by molar-refractivity contribution is 6.01. The molecule has 7 nitrogen and oxygen atoms in total. The molecule has 0 radical (unpaired) electrons. The second kappa shape index (κ2) is 3.74. The molecule has 2 heterocycles. The predicted octanol–water partition coefficient (Wildman–Crippen LogP) is 0.0342. The maximum atomic E-state index is 11.5. The van der Waals surface area contributed by atoms with E-state index in [0.29, 0.717) is 5.95 Å². The van der Waals surface area contributed by atoms with Gasteiger partial charge in [0.1, 0.15) is 11.5 Å². The molecule has 0 aliphatic heterocycles. The summed E-state index contributed by atoms with van der Waals surface area (Å²) < 4.78 is 0. The first-order valence-corrected chi connectivity index (χ1v) is 4.14. The van der Waals surface area contributed by atoms with Crippen molar-refractivity contribution >= 4 is 17.7 Å². The number of H-pyrrole nitrogens is 1. The van der Waals surface area contributed by atoms with Gasteiger partial charge in [-0.2, -0.15) is 0 Å². The van der Waals surface area contributed by atoms with E-state index in [4.69, 9.17) is 5.73 Å². The molecule has 0 aliphatic rings. The molecule has 0 aromatic carbocycles. The molecule has 0 fully saturated rings. The van der Waals surface area contributed by atoms with Gasteiger partial charge in [-0.25, -0.2) is 15.0 Å². The van der Waals surface area contributed by atoms with Gasteiger partial charge in [-0.05, 0) is 0 Å². The van der Waals surface area contributed by atoms with Crippen molar-refractivity contribution in [2.24, 2.45) is 0 Å². The molecule has 0 bridgehead atoms. The lowest BCUT2D eigenvalue weighted by Crippen LogP contribution is -2.15. The van der Waals surface area contributed by atoms with E-state index >= 15 is 0 Å². The van der Waals surface area contributed by atoms with Gasteiger partial charge in [-0.3, -0.25) is 10.1 Å². The van der Waals surface area contributed by atoms with E-state index in [-0.39, 0.29) is 11.5 Å². The minimum absolute atomic E-state index is 0.181. The van der Waals surface area contributed by atoms with E-state index in [0.717, 1.165) is 0 Å². The monoisotopic (exact) mass is 204 g/mol. The summed E-state index contributed by atoms with van der Waals surface area (Å²) in [5.41, 5.74) is 5.52. The van der Waals surface area contributed by atoms with E-state index in [9.17, 15) is 4.79 Å². The Morgan fingerprint density at radius 1 is 1.33 bits per heavy atom. The van der Waals surface area contributed by atoms with Crippen LogP contribution in [0.25, 0.3) is 0 Å². The summed E-state index contributed by atoms with van der Waals surface area (Å²) in [4.78, 5) is 25.7. The fourth-order valence-corrected chi connectivity index (χ4v) is 0.960. The Morgan fingerprint density at radius 2 is 2.20 bits per heavy atom. The highest BCUT2D eigenvalue weighted by Gasteiger charge is 2.08. The van der Waals surface area contributed by atoms with Crippen molar-refractivity contribution in [2.75, 3.05) is 11.1 Å². The number of nitrogens with two attached hydrogens (primary N) is 1. The first kappa shape index (κ1) is 9.13. The van der Waals surface area contributed by atoms with Crippen molar-refractivity contribution in [3.05, 3.63) is 30.5 Å². The minimum Gasteiger partial charge on any atom is -0.382 e. The van der Waals surface area contributed by atoms with E-state index < -0.39 is 5.91 Å². The summed E-state index contributed by atoms with van der Waals surface area (Å²) in [6.07, 6.45) is 5.75. The largest absolute Gasteiger partial charge is 0.382 e. The third-order valence-electron chi connectivity index (χ3n) is 1.63. The van der Waals surface area contributed by atoms with Crippen LogP contribution in [0.3, 0.4) is 0 Å². The van der Waals surface area contributed by atoms with Gasteiger partial charge in [0, 0.05) is 12.4 Å². The molecule has 0 saturated heterocycles. The summed E-state index contributed by atoms with van der Waals surface area (Å²) in [6, 6.07) is 0. The summed E-state index contributed by atoms with van der Waals surface area (Å²) in [7, 11) is 0. The number of hydrogen-bond acceptors (Lipinski definition) is 5. The first-order chi connectivity index (χ1) is 7.25. The number of nitrogens with one attached hydrogen (secondary N) is 2. The fourth-order valence-electron chi connectivity index (χ4n) is 0.960. The van der Waals surface area contributed by atoms with E-state index in [2.05, 4.69) is 25.3 Å². The Bertz CT molecular complexity index is 448. The molecule has 2 aromatic rings. The third kappa shape index (κ3) is 2.08. The molecule has 7 heteroatoms. The van der Waals surface area contributed by atoms with Crippen LogP contribution in [-0.2, 0) is 0 Å². The van der Waals surface area contributed by atoms with E-state index in [1.807, 2.05) is 0 Å². The van der Waals surface area contributed by atoms with Crippen LogP contribution in [0.5, 0.6) is 0 Å². The van der Waals surface area contributed by atoms with E-state index in [1.54, 1.807) is 6.20 Å². The van der Waals surface area contributed by atoms with Gasteiger partial charge in [-0.15, -0.1) is 0 Å². The van der Waals surface area contributed by atoms with Crippen LogP contribution in [0.15, 0.2) is 24.8 Å². The fraction of sp³-hybridized carbons (Fsp3) is 0. The molecule has 1 amide bonds. The number of anilines is 2. The Kier molecular flexibility index (Phi) is 2.28. The average Bonchev–Trinajstić information content (AvgIpc) is 2.71.